The Kier molecular flexibility index (Phi) is 11.5. The van der Waals surface area contributed by atoms with E-state index in [2.05, 4.69) is 0 Å². The Labute approximate surface area is 260 Å². The Balaban J connectivity index is 0.000000220. The first-order valence-electron chi connectivity index (χ1n) is 11.3. The summed E-state index contributed by atoms with van der Waals surface area (Å²) in [6, 6.07) is 19.1. The van der Waals surface area contributed by atoms with Gasteiger partial charge in [0.25, 0.3) is 0 Å². The highest BCUT2D eigenvalue weighted by Crippen LogP contribution is 2.33. The molecule has 0 amide bonds. The molecule has 4 rings (SSSR count). The van der Waals surface area contributed by atoms with Crippen LogP contribution < -0.4 is 0 Å². The van der Waals surface area contributed by atoms with E-state index in [9.17, 15) is 19.8 Å². The van der Waals surface area contributed by atoms with Gasteiger partial charge in [0.1, 0.15) is 11.5 Å². The molecule has 4 nitrogen and oxygen atoms in total. The van der Waals surface area contributed by atoms with E-state index in [0.29, 0.717) is 42.3 Å². The smallest absolute Gasteiger partial charge is 0.187 e. The lowest BCUT2D eigenvalue weighted by Gasteiger charge is -2.03. The summed E-state index contributed by atoms with van der Waals surface area (Å²) in [7, 11) is 0. The van der Waals surface area contributed by atoms with E-state index in [1.165, 1.54) is 48.6 Å². The Morgan fingerprint density at radius 2 is 1.02 bits per heavy atom. The fourth-order valence-corrected chi connectivity index (χ4v) is 4.59. The zero-order valence-electron chi connectivity index (χ0n) is 20.2. The molecule has 0 spiro atoms. The van der Waals surface area contributed by atoms with E-state index in [0.717, 1.165) is 0 Å². The lowest BCUT2D eigenvalue weighted by atomic mass is 10.1. The SMILES string of the molecule is O=C(C=Cc1cc(Cl)cc(Cl)c1O)c1ccc(Cl)cc1.O=C(C=Cc1cc(Cl)cc(Cl)c1O)c1ccccc1Cl. The number of rotatable bonds is 6. The number of phenolic OH excluding ortho intramolecular Hbond substituents is 2. The van der Waals surface area contributed by atoms with Gasteiger partial charge in [-0.15, -0.1) is 0 Å². The van der Waals surface area contributed by atoms with Crippen LogP contribution in [0.1, 0.15) is 31.8 Å². The largest absolute Gasteiger partial charge is 0.506 e. The van der Waals surface area contributed by atoms with Crippen LogP contribution in [-0.2, 0) is 0 Å². The maximum absolute atomic E-state index is 12.0. The second-order valence-corrected chi connectivity index (χ2v) is 10.6. The minimum Gasteiger partial charge on any atom is -0.506 e. The van der Waals surface area contributed by atoms with Crippen molar-refractivity contribution in [2.45, 2.75) is 0 Å². The van der Waals surface area contributed by atoms with E-state index in [1.54, 1.807) is 48.5 Å². The van der Waals surface area contributed by atoms with Crippen molar-refractivity contribution in [3.63, 3.8) is 0 Å². The summed E-state index contributed by atoms with van der Waals surface area (Å²) >= 11 is 35.0. The Hall–Kier alpha value is -2.96. The van der Waals surface area contributed by atoms with Crippen molar-refractivity contribution >= 4 is 93.3 Å². The fraction of sp³-hybridized carbons (Fsp3) is 0. The molecule has 0 unspecified atom stereocenters. The van der Waals surface area contributed by atoms with Crippen molar-refractivity contribution < 1.29 is 19.8 Å². The van der Waals surface area contributed by atoms with Crippen LogP contribution in [0.3, 0.4) is 0 Å². The molecule has 0 aliphatic carbocycles. The topological polar surface area (TPSA) is 74.6 Å². The van der Waals surface area contributed by atoms with Crippen molar-refractivity contribution in [2.75, 3.05) is 0 Å². The monoisotopic (exact) mass is 652 g/mol. The number of benzene rings is 4. The van der Waals surface area contributed by atoms with Gasteiger partial charge in [0, 0.05) is 37.3 Å². The normalized spacial score (nSPS) is 10.9. The van der Waals surface area contributed by atoms with Gasteiger partial charge in [-0.05, 0) is 85.0 Å². The number of halogens is 6. The van der Waals surface area contributed by atoms with Gasteiger partial charge in [-0.1, -0.05) is 81.7 Å². The van der Waals surface area contributed by atoms with Crippen molar-refractivity contribution in [1.29, 1.82) is 0 Å². The zero-order valence-corrected chi connectivity index (χ0v) is 24.8. The number of phenols is 2. The Morgan fingerprint density at radius 3 is 1.52 bits per heavy atom. The molecular weight excluding hydrogens is 637 g/mol. The van der Waals surface area contributed by atoms with Gasteiger partial charge in [-0.3, -0.25) is 9.59 Å². The summed E-state index contributed by atoms with van der Waals surface area (Å²) in [5.41, 5.74) is 1.63. The van der Waals surface area contributed by atoms with E-state index in [4.69, 9.17) is 69.6 Å². The second-order valence-electron chi connectivity index (χ2n) is 8.03. The molecule has 2 N–H and O–H groups in total. The van der Waals surface area contributed by atoms with Crippen molar-refractivity contribution in [2.24, 2.45) is 0 Å². The number of carbonyl (C=O) groups is 2. The highest BCUT2D eigenvalue weighted by Gasteiger charge is 2.09. The molecule has 4 aromatic rings. The van der Waals surface area contributed by atoms with E-state index < -0.39 is 0 Å². The van der Waals surface area contributed by atoms with Crippen LogP contribution >= 0.6 is 69.6 Å². The zero-order chi connectivity index (χ0) is 29.4. The third-order valence-corrected chi connectivity index (χ3v) is 6.81. The summed E-state index contributed by atoms with van der Waals surface area (Å²) in [6.07, 6.45) is 5.55. The highest BCUT2D eigenvalue weighted by atomic mass is 35.5. The van der Waals surface area contributed by atoms with Gasteiger partial charge >= 0.3 is 0 Å². The number of ketones is 2. The molecule has 0 heterocycles. The first-order valence-corrected chi connectivity index (χ1v) is 13.5. The predicted molar refractivity (Wildman–Crippen MR) is 166 cm³/mol. The number of carbonyl (C=O) groups excluding carboxylic acids is 2. The lowest BCUT2D eigenvalue weighted by Crippen LogP contribution is -1.94. The molecule has 0 atom stereocenters. The molecule has 0 saturated heterocycles. The maximum atomic E-state index is 12.0. The fourth-order valence-electron chi connectivity index (χ4n) is 3.22. The molecule has 0 fully saturated rings. The molecule has 10 heteroatoms. The quantitative estimate of drug-likeness (QED) is 0.160. The summed E-state index contributed by atoms with van der Waals surface area (Å²) < 4.78 is 0. The van der Waals surface area contributed by atoms with Crippen LogP contribution in [0.5, 0.6) is 11.5 Å². The molecule has 0 bridgehead atoms. The van der Waals surface area contributed by atoms with E-state index in [1.807, 2.05) is 0 Å². The van der Waals surface area contributed by atoms with Gasteiger partial charge in [0.15, 0.2) is 11.6 Å². The van der Waals surface area contributed by atoms with Crippen LogP contribution in [0.25, 0.3) is 12.2 Å². The number of aromatic hydroxyl groups is 2. The average Bonchev–Trinajstić information content (AvgIpc) is 2.91. The second kappa shape index (κ2) is 14.6. The third-order valence-electron chi connectivity index (χ3n) is 5.21. The Bertz CT molecular complexity index is 1610. The summed E-state index contributed by atoms with van der Waals surface area (Å²) in [5.74, 6) is -0.723. The molecule has 0 saturated carbocycles. The van der Waals surface area contributed by atoms with Crippen LogP contribution in [0.4, 0.5) is 0 Å². The number of allylic oxidation sites excluding steroid dienone is 2. The lowest BCUT2D eigenvalue weighted by molar-refractivity contribution is 0.104. The minimum absolute atomic E-state index is 0.115. The average molecular weight is 655 g/mol. The number of hydrogen-bond acceptors (Lipinski definition) is 4. The number of hydrogen-bond donors (Lipinski definition) is 2. The summed E-state index contributed by atoms with van der Waals surface area (Å²) in [4.78, 5) is 23.9. The molecular formula is C30H18Cl6O4. The van der Waals surface area contributed by atoms with E-state index in [-0.39, 0.29) is 33.1 Å². The predicted octanol–water partition coefficient (Wildman–Crippen LogP) is 10.5. The van der Waals surface area contributed by atoms with Crippen LogP contribution in [-0.4, -0.2) is 21.8 Å². The minimum atomic E-state index is -0.272. The standard InChI is InChI=1S/2C15H9Cl3O2/c16-11-4-1-9(2-5-11)14(19)6-3-10-7-12(17)8-13(18)15(10)20;16-10-7-9(15(20)13(18)8-10)5-6-14(19)11-3-1-2-4-12(11)17/h2*1-8,20H. The molecule has 0 aliphatic heterocycles. The maximum Gasteiger partial charge on any atom is 0.187 e. The molecule has 0 aliphatic rings. The van der Waals surface area contributed by atoms with Crippen LogP contribution in [0, 0.1) is 0 Å². The van der Waals surface area contributed by atoms with Crippen molar-refractivity contribution in [3.8, 4) is 11.5 Å². The summed E-state index contributed by atoms with van der Waals surface area (Å²) in [6.45, 7) is 0. The van der Waals surface area contributed by atoms with Gasteiger partial charge < -0.3 is 10.2 Å². The van der Waals surface area contributed by atoms with Crippen molar-refractivity contribution in [3.05, 3.63) is 137 Å². The highest BCUT2D eigenvalue weighted by molar-refractivity contribution is 6.37. The third kappa shape index (κ3) is 8.77. The molecule has 0 radical (unpaired) electrons. The van der Waals surface area contributed by atoms with Crippen molar-refractivity contribution in [1.82, 2.24) is 0 Å². The van der Waals surface area contributed by atoms with E-state index >= 15 is 0 Å². The Morgan fingerprint density at radius 1 is 0.550 bits per heavy atom. The molecule has 0 aromatic heterocycles. The van der Waals surface area contributed by atoms with Crippen LogP contribution in [0.2, 0.25) is 30.1 Å². The molecule has 204 valence electrons. The molecule has 4 aromatic carbocycles. The van der Waals surface area contributed by atoms with Gasteiger partial charge in [-0.25, -0.2) is 0 Å². The summed E-state index contributed by atoms with van der Waals surface area (Å²) in [5, 5.41) is 21.5. The van der Waals surface area contributed by atoms with Gasteiger partial charge in [0.05, 0.1) is 15.1 Å². The first-order chi connectivity index (χ1) is 19.0. The first kappa shape index (κ1) is 31.6. The molecule has 40 heavy (non-hydrogen) atoms. The van der Waals surface area contributed by atoms with Gasteiger partial charge in [-0.2, -0.15) is 0 Å². The van der Waals surface area contributed by atoms with Crippen LogP contribution in [0.15, 0.2) is 84.9 Å². The van der Waals surface area contributed by atoms with Gasteiger partial charge in [0.2, 0.25) is 0 Å².